The van der Waals surface area contributed by atoms with Gasteiger partial charge in [-0.1, -0.05) is 142 Å². The number of hydrogen-bond donors (Lipinski definition) is 2. The molecule has 1 unspecified atom stereocenters. The van der Waals surface area contributed by atoms with Gasteiger partial charge in [0.05, 0.1) is 0 Å². The summed E-state index contributed by atoms with van der Waals surface area (Å²) in [6.07, 6.45) is 34.2. The van der Waals surface area contributed by atoms with E-state index in [0.29, 0.717) is 0 Å². The molecule has 0 aromatic rings. The first-order chi connectivity index (χ1) is 14.3. The second kappa shape index (κ2) is 25.5. The zero-order valence-corrected chi connectivity index (χ0v) is 20.2. The number of allylic oxidation sites excluding steroid dienone is 1. The topological polar surface area (TPSA) is 32.3 Å². The summed E-state index contributed by atoms with van der Waals surface area (Å²) in [6, 6.07) is 0. The highest BCUT2D eigenvalue weighted by Gasteiger charge is 1.95. The number of unbranched alkanes of at least 4 members (excludes halogenated alkanes) is 20. The highest BCUT2D eigenvalue weighted by atomic mass is 16.3. The molecule has 29 heavy (non-hydrogen) atoms. The average molecular weight is 410 g/mol. The van der Waals surface area contributed by atoms with Gasteiger partial charge < -0.3 is 10.4 Å². The molecule has 0 rings (SSSR count). The van der Waals surface area contributed by atoms with E-state index in [-0.39, 0.29) is 6.23 Å². The smallest absolute Gasteiger partial charge is 0.123 e. The molecule has 0 radical (unpaired) electrons. The molecule has 0 aromatic carbocycles. The molecule has 2 heteroatoms. The zero-order valence-electron chi connectivity index (χ0n) is 20.2. The van der Waals surface area contributed by atoms with Gasteiger partial charge in [-0.25, -0.2) is 0 Å². The summed E-state index contributed by atoms with van der Waals surface area (Å²) < 4.78 is 0. The van der Waals surface area contributed by atoms with E-state index in [0.717, 1.165) is 12.8 Å². The van der Waals surface area contributed by atoms with Crippen molar-refractivity contribution in [2.75, 3.05) is 0 Å². The van der Waals surface area contributed by atoms with Crippen molar-refractivity contribution >= 4 is 0 Å². The Morgan fingerprint density at radius 1 is 0.552 bits per heavy atom. The number of hydrogen-bond acceptors (Lipinski definition) is 2. The molecule has 2 N–H and O–H groups in total. The first kappa shape index (κ1) is 28.5. The minimum atomic E-state index is -0.388. The summed E-state index contributed by atoms with van der Waals surface area (Å²) in [5.74, 6) is 0. The summed E-state index contributed by atoms with van der Waals surface area (Å²) in [7, 11) is 0. The third kappa shape index (κ3) is 25.5. The van der Waals surface area contributed by atoms with E-state index in [4.69, 9.17) is 0 Å². The van der Waals surface area contributed by atoms with Crippen LogP contribution in [0.1, 0.15) is 155 Å². The Kier molecular flexibility index (Phi) is 25.1. The predicted molar refractivity (Wildman–Crippen MR) is 131 cm³/mol. The fraction of sp³-hybridized carbons (Fsp3) is 0.926. The molecule has 174 valence electrons. The molecule has 0 bridgehead atoms. The van der Waals surface area contributed by atoms with E-state index in [2.05, 4.69) is 18.3 Å². The van der Waals surface area contributed by atoms with Gasteiger partial charge >= 0.3 is 0 Å². The molecule has 0 aromatic heterocycles. The Labute approximate surface area is 184 Å². The summed E-state index contributed by atoms with van der Waals surface area (Å²) >= 11 is 0. The van der Waals surface area contributed by atoms with Crippen molar-refractivity contribution in [3.05, 3.63) is 12.3 Å². The molecule has 0 saturated carbocycles. The first-order valence-electron chi connectivity index (χ1n) is 13.4. The normalized spacial score (nSPS) is 12.7. The van der Waals surface area contributed by atoms with E-state index in [1.165, 1.54) is 128 Å². The highest BCUT2D eigenvalue weighted by molar-refractivity contribution is 4.79. The van der Waals surface area contributed by atoms with Crippen LogP contribution in [0.5, 0.6) is 0 Å². The van der Waals surface area contributed by atoms with Crippen molar-refractivity contribution in [3.63, 3.8) is 0 Å². The fourth-order valence-corrected chi connectivity index (χ4v) is 3.90. The van der Waals surface area contributed by atoms with E-state index in [9.17, 15) is 5.11 Å². The molecule has 0 aliphatic rings. The zero-order chi connectivity index (χ0) is 21.3. The van der Waals surface area contributed by atoms with Crippen LogP contribution >= 0.6 is 0 Å². The van der Waals surface area contributed by atoms with Crippen LogP contribution in [0.4, 0.5) is 0 Å². The Balaban J connectivity index is 3.05. The van der Waals surface area contributed by atoms with Crippen LogP contribution in [0, 0.1) is 0 Å². The second-order valence-electron chi connectivity index (χ2n) is 9.00. The third-order valence-corrected chi connectivity index (χ3v) is 6.02. The molecule has 0 amide bonds. The molecular formula is C27H55NO. The van der Waals surface area contributed by atoms with E-state index in [1.54, 1.807) is 0 Å². The van der Waals surface area contributed by atoms with E-state index in [1.807, 2.05) is 13.1 Å². The van der Waals surface area contributed by atoms with Crippen LogP contribution in [-0.4, -0.2) is 11.3 Å². The maximum absolute atomic E-state index is 9.37. The van der Waals surface area contributed by atoms with Gasteiger partial charge in [0.1, 0.15) is 6.23 Å². The van der Waals surface area contributed by atoms with E-state index >= 15 is 0 Å². The Morgan fingerprint density at radius 3 is 1.24 bits per heavy atom. The lowest BCUT2D eigenvalue weighted by molar-refractivity contribution is 0.149. The minimum Gasteiger partial charge on any atom is -0.374 e. The summed E-state index contributed by atoms with van der Waals surface area (Å²) in [5.41, 5.74) is 0. The summed E-state index contributed by atoms with van der Waals surface area (Å²) in [4.78, 5) is 0. The van der Waals surface area contributed by atoms with Gasteiger partial charge in [-0.2, -0.15) is 0 Å². The lowest BCUT2D eigenvalue weighted by Gasteiger charge is -2.06. The largest absolute Gasteiger partial charge is 0.374 e. The first-order valence-corrected chi connectivity index (χ1v) is 13.4. The molecule has 0 aliphatic carbocycles. The summed E-state index contributed by atoms with van der Waals surface area (Å²) in [6.45, 7) is 4.27. The highest BCUT2D eigenvalue weighted by Crippen LogP contribution is 2.15. The van der Waals surface area contributed by atoms with Crippen molar-refractivity contribution in [2.24, 2.45) is 0 Å². The van der Waals surface area contributed by atoms with Crippen LogP contribution < -0.4 is 5.32 Å². The van der Waals surface area contributed by atoms with Crippen LogP contribution in [0.2, 0.25) is 0 Å². The molecule has 0 saturated heterocycles. The fourth-order valence-electron chi connectivity index (χ4n) is 3.90. The maximum atomic E-state index is 9.37. The standard InChI is InChI=1S/C27H55NO/c1-3-5-6-7-8-9-10-11-12-13-14-15-16-17-18-19-20-21-22-23-24-25-26-28-27(29)4-2/h25-29H,3-24H2,1-2H3. The van der Waals surface area contributed by atoms with Gasteiger partial charge in [0.25, 0.3) is 0 Å². The molecule has 0 aliphatic heterocycles. The van der Waals surface area contributed by atoms with Gasteiger partial charge in [0.2, 0.25) is 0 Å². The maximum Gasteiger partial charge on any atom is 0.123 e. The number of aliphatic hydroxyl groups is 1. The third-order valence-electron chi connectivity index (χ3n) is 6.02. The monoisotopic (exact) mass is 409 g/mol. The van der Waals surface area contributed by atoms with Gasteiger partial charge in [-0.05, 0) is 25.5 Å². The molecule has 1 atom stereocenters. The Morgan fingerprint density at radius 2 is 0.897 bits per heavy atom. The quantitative estimate of drug-likeness (QED) is 0.123. The van der Waals surface area contributed by atoms with Crippen molar-refractivity contribution in [1.82, 2.24) is 5.32 Å². The average Bonchev–Trinajstić information content (AvgIpc) is 2.74. The van der Waals surface area contributed by atoms with Gasteiger partial charge in [-0.15, -0.1) is 0 Å². The summed E-state index contributed by atoms with van der Waals surface area (Å²) in [5, 5.41) is 12.3. The van der Waals surface area contributed by atoms with Gasteiger partial charge in [0.15, 0.2) is 0 Å². The molecule has 0 spiro atoms. The number of rotatable bonds is 24. The SMILES string of the molecule is CCCCCCCCCCCCCCCCCCCCCCC=CNC(O)CC. The van der Waals surface area contributed by atoms with Gasteiger partial charge in [0, 0.05) is 0 Å². The lowest BCUT2D eigenvalue weighted by Crippen LogP contribution is -2.21. The minimum absolute atomic E-state index is 0.388. The number of aliphatic hydroxyl groups excluding tert-OH is 1. The van der Waals surface area contributed by atoms with Crippen LogP contribution in [-0.2, 0) is 0 Å². The van der Waals surface area contributed by atoms with Crippen molar-refractivity contribution in [1.29, 1.82) is 0 Å². The number of nitrogens with one attached hydrogen (secondary N) is 1. The van der Waals surface area contributed by atoms with E-state index < -0.39 is 0 Å². The molecular weight excluding hydrogens is 354 g/mol. The van der Waals surface area contributed by atoms with Crippen LogP contribution in [0.3, 0.4) is 0 Å². The Hall–Kier alpha value is -0.500. The van der Waals surface area contributed by atoms with Crippen LogP contribution in [0.25, 0.3) is 0 Å². The van der Waals surface area contributed by atoms with Crippen molar-refractivity contribution < 1.29 is 5.11 Å². The molecule has 0 heterocycles. The second-order valence-corrected chi connectivity index (χ2v) is 9.00. The predicted octanol–water partition coefficient (Wildman–Crippen LogP) is 9.03. The van der Waals surface area contributed by atoms with Crippen molar-refractivity contribution in [2.45, 2.75) is 161 Å². The lowest BCUT2D eigenvalue weighted by atomic mass is 10.0. The van der Waals surface area contributed by atoms with Crippen LogP contribution in [0.15, 0.2) is 12.3 Å². The van der Waals surface area contributed by atoms with Crippen molar-refractivity contribution in [3.8, 4) is 0 Å². The Bertz CT molecular complexity index is 316. The molecule has 0 fully saturated rings. The van der Waals surface area contributed by atoms with Gasteiger partial charge in [-0.3, -0.25) is 0 Å². The molecule has 2 nitrogen and oxygen atoms in total.